The number of aromatic nitrogens is 1. The van der Waals surface area contributed by atoms with Gasteiger partial charge in [0.1, 0.15) is 0 Å². The van der Waals surface area contributed by atoms with E-state index in [9.17, 15) is 10.1 Å². The number of hydrogen-bond donors (Lipinski definition) is 1. The summed E-state index contributed by atoms with van der Waals surface area (Å²) >= 11 is 0. The summed E-state index contributed by atoms with van der Waals surface area (Å²) in [5, 5.41) is 10.2. The molecule has 0 unspecified atom stereocenters. The lowest BCUT2D eigenvalue weighted by Gasteiger charge is -2.38. The zero-order valence-electron chi connectivity index (χ0n) is 19.0. The summed E-state index contributed by atoms with van der Waals surface area (Å²) < 4.78 is 0. The third-order valence-corrected chi connectivity index (χ3v) is 6.71. The highest BCUT2D eigenvalue weighted by Gasteiger charge is 2.30. The minimum absolute atomic E-state index is 0.132. The molecule has 2 heterocycles. The largest absolute Gasteiger partial charge is 0.369 e. The number of ketones is 1. The molecule has 2 aliphatic rings. The molecule has 0 amide bonds. The third-order valence-electron chi connectivity index (χ3n) is 6.71. The van der Waals surface area contributed by atoms with Gasteiger partial charge in [0.25, 0.3) is 0 Å². The molecule has 4 rings (SSSR count). The van der Waals surface area contributed by atoms with Gasteiger partial charge in [0.2, 0.25) is 0 Å². The van der Waals surface area contributed by atoms with Gasteiger partial charge in [-0.05, 0) is 38.5 Å². The van der Waals surface area contributed by atoms with Crippen LogP contribution in [0.2, 0.25) is 0 Å². The number of rotatable bonds is 2. The van der Waals surface area contributed by atoms with Gasteiger partial charge in [-0.25, -0.2) is 0 Å². The predicted octanol–water partition coefficient (Wildman–Crippen LogP) is 4.76. The zero-order chi connectivity index (χ0) is 22.2. The number of Topliss-reactive ketones (excluding diaryl/α,β-unsaturated/α-hetero) is 1. The van der Waals surface area contributed by atoms with Crippen LogP contribution in [-0.4, -0.2) is 52.8 Å². The average Bonchev–Trinajstić information content (AvgIpc) is 3.15. The van der Waals surface area contributed by atoms with Crippen LogP contribution in [0.1, 0.15) is 62.2 Å². The molecule has 1 fully saturated rings. The Labute approximate surface area is 185 Å². The highest BCUT2D eigenvalue weighted by Crippen LogP contribution is 2.36. The van der Waals surface area contributed by atoms with Crippen LogP contribution in [0.5, 0.6) is 0 Å². The molecule has 0 spiro atoms. The third kappa shape index (κ3) is 4.18. The molecule has 5 heteroatoms. The number of nitrogens with zero attached hydrogens (tertiary/aromatic N) is 3. The van der Waals surface area contributed by atoms with Crippen LogP contribution in [0.3, 0.4) is 0 Å². The van der Waals surface area contributed by atoms with Crippen molar-refractivity contribution in [3.05, 3.63) is 58.9 Å². The lowest BCUT2D eigenvalue weighted by atomic mass is 9.81. The molecule has 31 heavy (non-hydrogen) atoms. The number of piperazine rings is 1. The lowest BCUT2D eigenvalue weighted by molar-refractivity contribution is 0.0993. The predicted molar refractivity (Wildman–Crippen MR) is 125 cm³/mol. The molecule has 1 saturated heterocycles. The Bertz CT molecular complexity index is 1090. The van der Waals surface area contributed by atoms with Crippen LogP contribution < -0.4 is 0 Å². The van der Waals surface area contributed by atoms with E-state index in [1.165, 1.54) is 0 Å². The first-order chi connectivity index (χ1) is 14.8. The fraction of sp³-hybridized carbons (Fsp3) is 0.462. The fourth-order valence-corrected chi connectivity index (χ4v) is 4.74. The minimum atomic E-state index is -0.216. The van der Waals surface area contributed by atoms with E-state index >= 15 is 0 Å². The van der Waals surface area contributed by atoms with Crippen molar-refractivity contribution in [3.8, 4) is 6.07 Å². The Balaban J connectivity index is 1.69. The number of aromatic amines is 1. The highest BCUT2D eigenvalue weighted by atomic mass is 16.1. The Morgan fingerprint density at radius 2 is 1.90 bits per heavy atom. The van der Waals surface area contributed by atoms with Crippen molar-refractivity contribution in [2.24, 2.45) is 0 Å². The smallest absolute Gasteiger partial charge is 0.169 e. The molecule has 2 aromatic rings. The topological polar surface area (TPSA) is 63.1 Å². The zero-order valence-corrected chi connectivity index (χ0v) is 19.0. The molecular weight excluding hydrogens is 384 g/mol. The second-order valence-corrected chi connectivity index (χ2v) is 9.61. The molecule has 162 valence electrons. The molecule has 1 N–H and O–H groups in total. The molecule has 0 bridgehead atoms. The Morgan fingerprint density at radius 1 is 1.16 bits per heavy atom. The van der Waals surface area contributed by atoms with Gasteiger partial charge in [0, 0.05) is 71.9 Å². The summed E-state index contributed by atoms with van der Waals surface area (Å²) in [6.45, 7) is 12.9. The molecule has 1 aliphatic heterocycles. The Morgan fingerprint density at radius 3 is 2.58 bits per heavy atom. The first-order valence-electron chi connectivity index (χ1n) is 11.3. The van der Waals surface area contributed by atoms with Crippen molar-refractivity contribution in [2.45, 2.75) is 52.0 Å². The number of H-pyrrole nitrogens is 1. The number of carbonyl (C=O) groups is 1. The normalized spacial score (nSPS) is 22.6. The minimum Gasteiger partial charge on any atom is -0.369 e. The lowest BCUT2D eigenvalue weighted by Crippen LogP contribution is -2.48. The fourth-order valence-electron chi connectivity index (χ4n) is 4.74. The van der Waals surface area contributed by atoms with Gasteiger partial charge < -0.3 is 9.88 Å². The number of fused-ring (bicyclic) bond motifs is 3. The second kappa shape index (κ2) is 8.36. The summed E-state index contributed by atoms with van der Waals surface area (Å²) in [6, 6.07) is 8.31. The van der Waals surface area contributed by atoms with Crippen molar-refractivity contribution in [3.63, 3.8) is 0 Å². The van der Waals surface area contributed by atoms with Gasteiger partial charge >= 0.3 is 0 Å². The van der Waals surface area contributed by atoms with Crippen molar-refractivity contribution < 1.29 is 4.79 Å². The van der Waals surface area contributed by atoms with Crippen LogP contribution in [0, 0.1) is 11.3 Å². The van der Waals surface area contributed by atoms with Crippen LogP contribution in [0.15, 0.2) is 42.1 Å². The molecule has 0 atom stereocenters. The number of nitrogens with one attached hydrogen (secondary N) is 1. The van der Waals surface area contributed by atoms with E-state index in [1.807, 2.05) is 12.1 Å². The summed E-state index contributed by atoms with van der Waals surface area (Å²) in [6.07, 6.45) is 7.73. The summed E-state index contributed by atoms with van der Waals surface area (Å²) in [5.74, 6) is 0.132. The number of nitriles is 1. The maximum atomic E-state index is 13.4. The molecule has 0 radical (unpaired) electrons. The summed E-state index contributed by atoms with van der Waals surface area (Å²) in [4.78, 5) is 21.8. The number of hydrogen-bond acceptors (Lipinski definition) is 4. The first-order valence-corrected chi connectivity index (χ1v) is 11.3. The van der Waals surface area contributed by atoms with Crippen LogP contribution in [0.25, 0.3) is 10.9 Å². The molecule has 1 aliphatic carbocycles. The van der Waals surface area contributed by atoms with Crippen LogP contribution in [-0.2, 0) is 5.41 Å². The maximum absolute atomic E-state index is 13.4. The van der Waals surface area contributed by atoms with Gasteiger partial charge in [-0.15, -0.1) is 0 Å². The van der Waals surface area contributed by atoms with E-state index in [-0.39, 0.29) is 11.2 Å². The van der Waals surface area contributed by atoms with Crippen LogP contribution in [0.4, 0.5) is 0 Å². The molecule has 5 nitrogen and oxygen atoms in total. The van der Waals surface area contributed by atoms with E-state index in [0.29, 0.717) is 18.0 Å². The van der Waals surface area contributed by atoms with Gasteiger partial charge in [-0.1, -0.05) is 32.1 Å². The number of carbonyl (C=O) groups excluding carboxylic acids is 1. The molecule has 1 aromatic carbocycles. The van der Waals surface area contributed by atoms with Gasteiger partial charge in [-0.2, -0.15) is 5.26 Å². The van der Waals surface area contributed by atoms with Crippen molar-refractivity contribution in [1.82, 2.24) is 14.8 Å². The van der Waals surface area contributed by atoms with Crippen molar-refractivity contribution in [1.29, 1.82) is 5.26 Å². The first kappa shape index (κ1) is 21.4. The monoisotopic (exact) mass is 416 g/mol. The van der Waals surface area contributed by atoms with Gasteiger partial charge in [0.05, 0.1) is 11.6 Å². The molecule has 1 aromatic heterocycles. The molecule has 0 saturated carbocycles. The second-order valence-electron chi connectivity index (χ2n) is 9.61. The average molecular weight is 417 g/mol. The maximum Gasteiger partial charge on any atom is 0.169 e. The quantitative estimate of drug-likeness (QED) is 0.767. The van der Waals surface area contributed by atoms with Crippen LogP contribution >= 0.6 is 0 Å². The van der Waals surface area contributed by atoms with E-state index in [0.717, 1.165) is 60.5 Å². The van der Waals surface area contributed by atoms with E-state index in [2.05, 4.69) is 66.8 Å². The SMILES string of the molecule is CC(C)N1CCN(C2=C/CC(=O)c3c([nH]c4cc(C#N)ccc34)C(C)(C)C/C=C\2)CC1. The van der Waals surface area contributed by atoms with Crippen molar-refractivity contribution >= 4 is 16.7 Å². The summed E-state index contributed by atoms with van der Waals surface area (Å²) in [5.41, 5.74) is 4.15. The standard InChI is InChI=1S/C26H32N4O/c1-18(2)29-12-14-30(15-13-29)20-6-5-11-26(3,4)25-24(23(31)10-8-20)21-9-7-19(17-27)16-22(21)28-25/h5-9,16,18,28H,10-15H2,1-4H3/b6-5-,20-8+. The van der Waals surface area contributed by atoms with E-state index < -0.39 is 0 Å². The number of allylic oxidation sites excluding steroid dienone is 3. The van der Waals surface area contributed by atoms with Gasteiger partial charge in [-0.3, -0.25) is 9.69 Å². The van der Waals surface area contributed by atoms with E-state index in [4.69, 9.17) is 0 Å². The molecular formula is C26H32N4O. The number of benzene rings is 1. The highest BCUT2D eigenvalue weighted by molar-refractivity contribution is 6.10. The van der Waals surface area contributed by atoms with Crippen molar-refractivity contribution in [2.75, 3.05) is 26.2 Å². The Kier molecular flexibility index (Phi) is 5.77. The van der Waals surface area contributed by atoms with E-state index in [1.54, 1.807) is 6.07 Å². The summed E-state index contributed by atoms with van der Waals surface area (Å²) in [7, 11) is 0. The van der Waals surface area contributed by atoms with Gasteiger partial charge in [0.15, 0.2) is 5.78 Å². The Hall–Kier alpha value is -2.84.